The molecule has 1 aromatic carbocycles. The number of benzene rings is 1. The molecule has 12 heteroatoms. The maximum atomic E-state index is 13.7. The number of nitrogens with zero attached hydrogens (tertiary/aromatic N) is 5. The first-order chi connectivity index (χ1) is 17.5. The van der Waals surface area contributed by atoms with Crippen molar-refractivity contribution >= 4 is 40.1 Å². The molecule has 2 aliphatic rings. The van der Waals surface area contributed by atoms with Crippen molar-refractivity contribution in [2.75, 3.05) is 30.4 Å². The Hall–Kier alpha value is -3.65. The van der Waals surface area contributed by atoms with Crippen LogP contribution in [0.15, 0.2) is 24.3 Å². The number of methoxy groups -OCH3 is 1. The summed E-state index contributed by atoms with van der Waals surface area (Å²) in [5.74, 6) is -1.03. The SMILES string of the molecule is COC(=O)c1nc(Cl)ccc1N[C@H](C)c1cc(C)cc2nc(C#N)c(N3CC4C[C@]4(C(F)(F)F)C3)nc12. The minimum Gasteiger partial charge on any atom is -0.464 e. The van der Waals surface area contributed by atoms with Gasteiger partial charge in [0, 0.05) is 18.7 Å². The van der Waals surface area contributed by atoms with Gasteiger partial charge >= 0.3 is 12.1 Å². The average Bonchev–Trinajstić information content (AvgIpc) is 3.44. The van der Waals surface area contributed by atoms with Crippen LogP contribution >= 0.6 is 11.6 Å². The van der Waals surface area contributed by atoms with Gasteiger partial charge in [0.1, 0.15) is 11.2 Å². The lowest BCUT2D eigenvalue weighted by Crippen LogP contribution is -2.34. The fourth-order valence-corrected chi connectivity index (χ4v) is 5.29. The first-order valence-corrected chi connectivity index (χ1v) is 11.9. The lowest BCUT2D eigenvalue weighted by Gasteiger charge is -2.25. The quantitative estimate of drug-likeness (QED) is 0.354. The highest BCUT2D eigenvalue weighted by molar-refractivity contribution is 6.29. The van der Waals surface area contributed by atoms with Crippen molar-refractivity contribution in [2.45, 2.75) is 32.5 Å². The van der Waals surface area contributed by atoms with Crippen LogP contribution in [0.2, 0.25) is 5.15 Å². The molecule has 3 heterocycles. The number of rotatable bonds is 5. The second-order valence-corrected chi connectivity index (χ2v) is 9.94. The van der Waals surface area contributed by atoms with Crippen LogP contribution in [0.25, 0.3) is 11.0 Å². The predicted molar refractivity (Wildman–Crippen MR) is 130 cm³/mol. The number of esters is 1. The molecule has 3 aromatic rings. The number of carbonyl (C=O) groups is 1. The molecule has 1 aliphatic heterocycles. The van der Waals surface area contributed by atoms with Crippen molar-refractivity contribution in [2.24, 2.45) is 11.3 Å². The van der Waals surface area contributed by atoms with E-state index >= 15 is 0 Å². The van der Waals surface area contributed by atoms with Crippen molar-refractivity contribution in [3.63, 3.8) is 0 Å². The molecule has 1 N–H and O–H groups in total. The van der Waals surface area contributed by atoms with Crippen LogP contribution in [-0.4, -0.2) is 47.3 Å². The van der Waals surface area contributed by atoms with E-state index in [1.54, 1.807) is 12.1 Å². The molecule has 0 radical (unpaired) electrons. The molecule has 1 saturated heterocycles. The van der Waals surface area contributed by atoms with Gasteiger partial charge in [0.25, 0.3) is 0 Å². The van der Waals surface area contributed by atoms with E-state index in [2.05, 4.69) is 15.3 Å². The molecule has 5 rings (SSSR count). The number of piperidine rings is 1. The van der Waals surface area contributed by atoms with Crippen molar-refractivity contribution < 1.29 is 22.7 Å². The third-order valence-corrected chi connectivity index (χ3v) is 7.33. The van der Waals surface area contributed by atoms with Crippen LogP contribution in [0.4, 0.5) is 24.7 Å². The molecule has 1 saturated carbocycles. The molecule has 192 valence electrons. The minimum atomic E-state index is -4.31. The number of hydrogen-bond acceptors (Lipinski definition) is 8. The van der Waals surface area contributed by atoms with Crippen molar-refractivity contribution in [1.29, 1.82) is 5.26 Å². The standard InChI is InChI=1S/C25H22ClF3N6O2/c1-12-6-15(13(2)31-16-4-5-19(26)33-21(16)23(36)37-3)20-17(7-12)32-18(9-30)22(34-20)35-10-14-8-24(14,11-35)25(27,28)29/h4-7,13-14,31H,8,10-11H2,1-3H3/t13-,14?,24+/m1/s1. The lowest BCUT2D eigenvalue weighted by atomic mass is 10.0. The second kappa shape index (κ2) is 8.73. The zero-order valence-electron chi connectivity index (χ0n) is 20.1. The minimum absolute atomic E-state index is 0.00564. The molecular formula is C25H22ClF3N6O2. The number of nitrogens with one attached hydrogen (secondary N) is 1. The normalized spacial score (nSPS) is 21.4. The van der Waals surface area contributed by atoms with E-state index < -0.39 is 29.5 Å². The van der Waals surface area contributed by atoms with Crippen LogP contribution in [0.5, 0.6) is 0 Å². The third kappa shape index (κ3) is 4.19. The van der Waals surface area contributed by atoms with E-state index in [0.29, 0.717) is 22.3 Å². The summed E-state index contributed by atoms with van der Waals surface area (Å²) in [6.45, 7) is 3.63. The highest BCUT2D eigenvalue weighted by Gasteiger charge is 2.74. The molecule has 1 aliphatic carbocycles. The number of carbonyl (C=O) groups excluding carboxylic acids is 1. The first kappa shape index (κ1) is 25.0. The number of aromatic nitrogens is 3. The molecule has 0 bridgehead atoms. The van der Waals surface area contributed by atoms with Gasteiger partial charge in [0.05, 0.1) is 35.3 Å². The van der Waals surface area contributed by atoms with Crippen molar-refractivity contribution in [3.8, 4) is 6.07 Å². The van der Waals surface area contributed by atoms with Crippen LogP contribution in [0.1, 0.15) is 46.7 Å². The van der Waals surface area contributed by atoms with E-state index in [9.17, 15) is 23.2 Å². The summed E-state index contributed by atoms with van der Waals surface area (Å²) in [6, 6.07) is 8.35. The molecule has 8 nitrogen and oxygen atoms in total. The highest BCUT2D eigenvalue weighted by Crippen LogP contribution is 2.66. The Balaban J connectivity index is 1.55. The van der Waals surface area contributed by atoms with E-state index in [1.165, 1.54) is 18.1 Å². The van der Waals surface area contributed by atoms with Gasteiger partial charge in [0.2, 0.25) is 0 Å². The summed E-state index contributed by atoms with van der Waals surface area (Å²) in [5.41, 5.74) is 1.06. The maximum Gasteiger partial charge on any atom is 0.396 e. The van der Waals surface area contributed by atoms with Crippen LogP contribution < -0.4 is 10.2 Å². The molecule has 0 spiro atoms. The van der Waals surface area contributed by atoms with Gasteiger partial charge in [-0.05, 0) is 49.9 Å². The Kier molecular flexibility index (Phi) is 5.90. The third-order valence-electron chi connectivity index (χ3n) is 7.12. The van der Waals surface area contributed by atoms with E-state index in [1.807, 2.05) is 26.0 Å². The van der Waals surface area contributed by atoms with Crippen LogP contribution in [0.3, 0.4) is 0 Å². The molecule has 0 amide bonds. The number of alkyl halides is 3. The number of nitriles is 1. The average molecular weight is 531 g/mol. The molecule has 3 atom stereocenters. The fourth-order valence-electron chi connectivity index (χ4n) is 5.15. The Morgan fingerprint density at radius 1 is 1.32 bits per heavy atom. The smallest absolute Gasteiger partial charge is 0.396 e. The monoisotopic (exact) mass is 530 g/mol. The van der Waals surface area contributed by atoms with Gasteiger partial charge in [-0.3, -0.25) is 0 Å². The molecule has 1 unspecified atom stereocenters. The Bertz CT molecular complexity index is 1470. The number of anilines is 2. The summed E-state index contributed by atoms with van der Waals surface area (Å²) in [6.07, 6.45) is -4.22. The Morgan fingerprint density at radius 2 is 2.08 bits per heavy atom. The highest BCUT2D eigenvalue weighted by atomic mass is 35.5. The van der Waals surface area contributed by atoms with E-state index in [4.69, 9.17) is 21.3 Å². The van der Waals surface area contributed by atoms with Crippen molar-refractivity contribution in [1.82, 2.24) is 15.0 Å². The first-order valence-electron chi connectivity index (χ1n) is 11.5. The molecule has 2 aromatic heterocycles. The second-order valence-electron chi connectivity index (χ2n) is 9.55. The summed E-state index contributed by atoms with van der Waals surface area (Å²) in [5, 5.41) is 13.1. The molecular weight excluding hydrogens is 509 g/mol. The largest absolute Gasteiger partial charge is 0.464 e. The van der Waals surface area contributed by atoms with Gasteiger partial charge in [-0.2, -0.15) is 18.4 Å². The summed E-state index contributed by atoms with van der Waals surface area (Å²) < 4.78 is 45.9. The zero-order valence-corrected chi connectivity index (χ0v) is 20.9. The van der Waals surface area contributed by atoms with Crippen LogP contribution in [-0.2, 0) is 4.74 Å². The topological polar surface area (TPSA) is 104 Å². The zero-order chi connectivity index (χ0) is 26.7. The van der Waals surface area contributed by atoms with Crippen LogP contribution in [0, 0.1) is 29.6 Å². The Labute approximate surface area is 215 Å². The van der Waals surface area contributed by atoms with Gasteiger partial charge in [-0.1, -0.05) is 17.7 Å². The van der Waals surface area contributed by atoms with Gasteiger partial charge < -0.3 is 15.0 Å². The molecule has 37 heavy (non-hydrogen) atoms. The number of aryl methyl sites for hydroxylation is 1. The number of halogens is 4. The molecule has 2 fully saturated rings. The fraction of sp³-hybridized carbons (Fsp3) is 0.400. The van der Waals surface area contributed by atoms with E-state index in [0.717, 1.165) is 5.56 Å². The maximum absolute atomic E-state index is 13.7. The lowest BCUT2D eigenvalue weighted by molar-refractivity contribution is -0.184. The summed E-state index contributed by atoms with van der Waals surface area (Å²) in [7, 11) is 1.24. The number of ether oxygens (including phenoxy) is 1. The predicted octanol–water partition coefficient (Wildman–Crippen LogP) is 5.21. The van der Waals surface area contributed by atoms with Gasteiger partial charge in [-0.15, -0.1) is 0 Å². The number of pyridine rings is 1. The Morgan fingerprint density at radius 3 is 2.73 bits per heavy atom. The van der Waals surface area contributed by atoms with Crippen molar-refractivity contribution in [3.05, 3.63) is 51.9 Å². The summed E-state index contributed by atoms with van der Waals surface area (Å²) >= 11 is 5.96. The number of hydrogen-bond donors (Lipinski definition) is 1. The summed E-state index contributed by atoms with van der Waals surface area (Å²) in [4.78, 5) is 27.0. The van der Waals surface area contributed by atoms with E-state index in [-0.39, 0.29) is 41.9 Å². The number of fused-ring (bicyclic) bond motifs is 2. The van der Waals surface area contributed by atoms with Gasteiger partial charge in [0.15, 0.2) is 17.2 Å². The van der Waals surface area contributed by atoms with Gasteiger partial charge in [-0.25, -0.2) is 19.7 Å².